The van der Waals surface area contributed by atoms with Crippen LogP contribution in [0.1, 0.15) is 18.1 Å². The Hall–Kier alpha value is -3.09. The zero-order valence-corrected chi connectivity index (χ0v) is 14.2. The second-order valence-electron chi connectivity index (χ2n) is 6.35. The molecule has 7 heteroatoms. The molecule has 2 aliphatic rings. The van der Waals surface area contributed by atoms with E-state index in [-0.39, 0.29) is 5.91 Å². The lowest BCUT2D eigenvalue weighted by Gasteiger charge is -2.20. The fourth-order valence-electron chi connectivity index (χ4n) is 3.27. The normalized spacial score (nSPS) is 21.6. The van der Waals surface area contributed by atoms with Gasteiger partial charge in [0.2, 0.25) is 0 Å². The smallest absolute Gasteiger partial charge is 0.263 e. The van der Waals surface area contributed by atoms with Crippen molar-refractivity contribution >= 4 is 17.5 Å². The lowest BCUT2D eigenvalue weighted by Crippen LogP contribution is -2.39. The van der Waals surface area contributed by atoms with Crippen LogP contribution in [0.5, 0.6) is 0 Å². The largest absolute Gasteiger partial charge is 0.271 e. The molecule has 0 radical (unpaired) electrons. The third kappa shape index (κ3) is 2.65. The van der Waals surface area contributed by atoms with Crippen LogP contribution in [0.25, 0.3) is 0 Å². The van der Waals surface area contributed by atoms with Crippen LogP contribution >= 0.6 is 0 Å². The van der Waals surface area contributed by atoms with Gasteiger partial charge in [0.05, 0.1) is 12.2 Å². The van der Waals surface area contributed by atoms with Crippen LogP contribution < -0.4 is 4.90 Å². The maximum atomic E-state index is 13.1. The fourth-order valence-corrected chi connectivity index (χ4v) is 3.27. The number of aryl methyl sites for hydroxylation is 1. The van der Waals surface area contributed by atoms with E-state index in [4.69, 9.17) is 0 Å². The number of anilines is 1. The molecule has 0 aliphatic carbocycles. The third-order valence-corrected chi connectivity index (χ3v) is 4.72. The summed E-state index contributed by atoms with van der Waals surface area (Å²) in [7, 11) is 0. The number of benzene rings is 2. The summed E-state index contributed by atoms with van der Waals surface area (Å²) in [4.78, 5) is 26.5. The van der Waals surface area contributed by atoms with Crippen molar-refractivity contribution in [3.05, 3.63) is 65.5 Å². The number of carbonyl (C=O) groups is 2. The monoisotopic (exact) mass is 352 g/mol. The molecular formula is C19H17FN4O2. The molecule has 1 saturated heterocycles. The highest BCUT2D eigenvalue weighted by atomic mass is 19.1. The molecule has 2 amide bonds. The van der Waals surface area contributed by atoms with Gasteiger partial charge in [0.25, 0.3) is 11.8 Å². The number of hydrogen-bond donors (Lipinski definition) is 0. The molecule has 2 aromatic carbocycles. The summed E-state index contributed by atoms with van der Waals surface area (Å²) in [6, 6.07) is 11.7. The molecule has 0 unspecified atom stereocenters. The minimum absolute atomic E-state index is 0.346. The average Bonchev–Trinajstić information content (AvgIpc) is 3.17. The zero-order valence-electron chi connectivity index (χ0n) is 14.2. The quantitative estimate of drug-likeness (QED) is 0.795. The average molecular weight is 352 g/mol. The van der Waals surface area contributed by atoms with Crippen LogP contribution in [0, 0.1) is 5.82 Å². The number of rotatable bonds is 4. The highest BCUT2D eigenvalue weighted by Crippen LogP contribution is 2.32. The molecule has 4 rings (SSSR count). The van der Waals surface area contributed by atoms with Crippen molar-refractivity contribution in [3.63, 3.8) is 0 Å². The van der Waals surface area contributed by atoms with Gasteiger partial charge in [0, 0.05) is 0 Å². The molecule has 2 aromatic rings. The number of halogens is 1. The van der Waals surface area contributed by atoms with E-state index in [0.29, 0.717) is 12.2 Å². The predicted molar refractivity (Wildman–Crippen MR) is 92.7 cm³/mol. The van der Waals surface area contributed by atoms with Gasteiger partial charge >= 0.3 is 0 Å². The Balaban J connectivity index is 1.56. The SMILES string of the molecule is CCc1ccc(CN2N=N[C@H]3C(=O)N(c4ccc(F)cc4)C(=O)[C@@H]32)cc1. The van der Waals surface area contributed by atoms with Crippen LogP contribution in [-0.4, -0.2) is 28.9 Å². The van der Waals surface area contributed by atoms with E-state index in [1.54, 1.807) is 5.01 Å². The highest BCUT2D eigenvalue weighted by Gasteiger charge is 2.54. The molecule has 0 bridgehead atoms. The van der Waals surface area contributed by atoms with Crippen LogP contribution in [0.4, 0.5) is 10.1 Å². The Morgan fingerprint density at radius 2 is 1.62 bits per heavy atom. The van der Waals surface area contributed by atoms with E-state index in [2.05, 4.69) is 17.3 Å². The van der Waals surface area contributed by atoms with E-state index in [9.17, 15) is 14.0 Å². The van der Waals surface area contributed by atoms with Gasteiger partial charge in [-0.05, 0) is 41.8 Å². The number of imide groups is 1. The summed E-state index contributed by atoms with van der Waals surface area (Å²) >= 11 is 0. The molecule has 2 aliphatic heterocycles. The summed E-state index contributed by atoms with van der Waals surface area (Å²) < 4.78 is 13.1. The third-order valence-electron chi connectivity index (χ3n) is 4.72. The van der Waals surface area contributed by atoms with E-state index in [0.717, 1.165) is 16.9 Å². The minimum atomic E-state index is -0.845. The molecule has 26 heavy (non-hydrogen) atoms. The van der Waals surface area contributed by atoms with Gasteiger partial charge in [-0.2, -0.15) is 5.11 Å². The van der Waals surface area contributed by atoms with Crippen molar-refractivity contribution in [1.29, 1.82) is 0 Å². The molecule has 2 heterocycles. The molecule has 1 fully saturated rings. The van der Waals surface area contributed by atoms with Crippen molar-refractivity contribution in [2.24, 2.45) is 10.3 Å². The fraction of sp³-hybridized carbons (Fsp3) is 0.263. The second-order valence-corrected chi connectivity index (χ2v) is 6.35. The molecule has 6 nitrogen and oxygen atoms in total. The summed E-state index contributed by atoms with van der Waals surface area (Å²) in [6.45, 7) is 2.48. The number of nitrogens with zero attached hydrogens (tertiary/aromatic N) is 4. The van der Waals surface area contributed by atoms with Crippen LogP contribution in [0.15, 0.2) is 58.9 Å². The van der Waals surface area contributed by atoms with Gasteiger partial charge in [-0.25, -0.2) is 9.29 Å². The van der Waals surface area contributed by atoms with Crippen molar-refractivity contribution in [1.82, 2.24) is 5.01 Å². The number of carbonyl (C=O) groups excluding carboxylic acids is 2. The number of amides is 2. The summed E-state index contributed by atoms with van der Waals surface area (Å²) in [5.74, 6) is -1.24. The first-order valence-corrected chi connectivity index (χ1v) is 8.47. The molecule has 0 aromatic heterocycles. The first-order chi connectivity index (χ1) is 12.6. The van der Waals surface area contributed by atoms with Crippen molar-refractivity contribution < 1.29 is 14.0 Å². The Labute approximate surface area is 149 Å². The lowest BCUT2D eigenvalue weighted by molar-refractivity contribution is -0.123. The molecule has 2 atom stereocenters. The predicted octanol–water partition coefficient (Wildman–Crippen LogP) is 2.88. The Kier molecular flexibility index (Phi) is 3.99. The number of fused-ring (bicyclic) bond motifs is 1. The van der Waals surface area contributed by atoms with Crippen LogP contribution in [0.3, 0.4) is 0 Å². The number of hydrogen-bond acceptors (Lipinski definition) is 5. The Bertz CT molecular complexity index is 879. The van der Waals surface area contributed by atoms with Gasteiger partial charge in [-0.15, -0.1) is 0 Å². The maximum Gasteiger partial charge on any atom is 0.263 e. The van der Waals surface area contributed by atoms with Gasteiger partial charge in [-0.1, -0.05) is 36.4 Å². The Morgan fingerprint density at radius 3 is 2.27 bits per heavy atom. The second kappa shape index (κ2) is 6.33. The Morgan fingerprint density at radius 1 is 0.962 bits per heavy atom. The topological polar surface area (TPSA) is 65.3 Å². The van der Waals surface area contributed by atoms with Crippen LogP contribution in [0.2, 0.25) is 0 Å². The van der Waals surface area contributed by atoms with Gasteiger partial charge in [-0.3, -0.25) is 14.6 Å². The van der Waals surface area contributed by atoms with E-state index >= 15 is 0 Å². The zero-order chi connectivity index (χ0) is 18.3. The molecule has 132 valence electrons. The van der Waals surface area contributed by atoms with Crippen molar-refractivity contribution in [3.8, 4) is 0 Å². The first kappa shape index (κ1) is 16.4. The standard InChI is InChI=1S/C19H17FN4O2/c1-2-12-3-5-13(6-4-12)11-23-17-16(21-22-23)18(25)24(19(17)26)15-9-7-14(20)8-10-15/h3-10,16-17H,2,11H2,1H3/t16-,17-/m1/s1. The molecule has 0 N–H and O–H groups in total. The van der Waals surface area contributed by atoms with Gasteiger partial charge < -0.3 is 0 Å². The van der Waals surface area contributed by atoms with Crippen molar-refractivity contribution in [2.75, 3.05) is 4.90 Å². The van der Waals surface area contributed by atoms with E-state index in [1.165, 1.54) is 29.8 Å². The minimum Gasteiger partial charge on any atom is -0.271 e. The van der Waals surface area contributed by atoms with Crippen molar-refractivity contribution in [2.45, 2.75) is 32.0 Å². The lowest BCUT2D eigenvalue weighted by atomic mass is 10.1. The maximum absolute atomic E-state index is 13.1. The summed E-state index contributed by atoms with van der Waals surface area (Å²) in [5.41, 5.74) is 2.56. The van der Waals surface area contributed by atoms with Gasteiger partial charge in [0.1, 0.15) is 5.82 Å². The van der Waals surface area contributed by atoms with E-state index < -0.39 is 23.8 Å². The molecular weight excluding hydrogens is 335 g/mol. The van der Waals surface area contributed by atoms with Gasteiger partial charge in [0.15, 0.2) is 12.1 Å². The first-order valence-electron chi connectivity index (χ1n) is 8.47. The van der Waals surface area contributed by atoms with E-state index in [1.807, 2.05) is 24.3 Å². The van der Waals surface area contributed by atoms with Crippen LogP contribution in [-0.2, 0) is 22.6 Å². The highest BCUT2D eigenvalue weighted by molar-refractivity contribution is 6.25. The molecule has 0 saturated carbocycles. The molecule has 0 spiro atoms. The summed E-state index contributed by atoms with van der Waals surface area (Å²) in [6.07, 6.45) is 0.952. The summed E-state index contributed by atoms with van der Waals surface area (Å²) in [5, 5.41) is 9.58.